The second-order valence-electron chi connectivity index (χ2n) is 5.93. The van der Waals surface area contributed by atoms with Crippen LogP contribution in [0.4, 0.5) is 10.1 Å². The number of halogens is 3. The molecule has 0 aliphatic carbocycles. The van der Waals surface area contributed by atoms with Crippen LogP contribution >= 0.6 is 35.6 Å². The first-order valence-electron chi connectivity index (χ1n) is 8.27. The SMILES string of the molecule is I.NC(=NCCc1ccc(Cl)nc1)N1CCN(c2ccc(F)cc2)CC1. The standard InChI is InChI=1S/C18H21ClFN5.HI/c19-17-6-1-14(13-23-17)7-8-22-18(21)25-11-9-24(10-12-25)16-4-2-15(20)3-5-16;/h1-6,13H,7-12H2,(H2,21,22);1H. The summed E-state index contributed by atoms with van der Waals surface area (Å²) < 4.78 is 13.0. The van der Waals surface area contributed by atoms with Crippen LogP contribution in [0, 0.1) is 5.82 Å². The van der Waals surface area contributed by atoms with E-state index >= 15 is 0 Å². The molecule has 1 saturated heterocycles. The van der Waals surface area contributed by atoms with Gasteiger partial charge in [-0.05, 0) is 42.3 Å². The normalized spacial score (nSPS) is 14.9. The van der Waals surface area contributed by atoms with Crippen molar-refractivity contribution < 1.29 is 4.39 Å². The Bertz CT molecular complexity index is 715. The molecule has 2 heterocycles. The van der Waals surface area contributed by atoms with Gasteiger partial charge in [0.15, 0.2) is 5.96 Å². The van der Waals surface area contributed by atoms with Gasteiger partial charge >= 0.3 is 0 Å². The molecule has 0 atom stereocenters. The number of hydrogen-bond acceptors (Lipinski definition) is 3. The fraction of sp³-hybridized carbons (Fsp3) is 0.333. The molecule has 1 aromatic carbocycles. The first-order chi connectivity index (χ1) is 12.1. The molecular formula is C18H22ClFIN5. The van der Waals surface area contributed by atoms with Crippen LogP contribution < -0.4 is 10.6 Å². The quantitative estimate of drug-likeness (QED) is 0.310. The highest BCUT2D eigenvalue weighted by Crippen LogP contribution is 2.16. The van der Waals surface area contributed by atoms with E-state index in [2.05, 4.69) is 19.8 Å². The maximum absolute atomic E-state index is 13.0. The highest BCUT2D eigenvalue weighted by Gasteiger charge is 2.18. The van der Waals surface area contributed by atoms with Crippen LogP contribution in [-0.4, -0.2) is 48.6 Å². The average Bonchev–Trinajstić information content (AvgIpc) is 2.64. The van der Waals surface area contributed by atoms with E-state index in [0.29, 0.717) is 17.7 Å². The number of pyridine rings is 1. The van der Waals surface area contributed by atoms with Gasteiger partial charge in [-0.3, -0.25) is 4.99 Å². The number of benzene rings is 1. The maximum atomic E-state index is 13.0. The number of hydrogen-bond donors (Lipinski definition) is 1. The summed E-state index contributed by atoms with van der Waals surface area (Å²) in [5.41, 5.74) is 8.23. The van der Waals surface area contributed by atoms with E-state index in [1.54, 1.807) is 12.3 Å². The van der Waals surface area contributed by atoms with Crippen molar-refractivity contribution in [3.63, 3.8) is 0 Å². The van der Waals surface area contributed by atoms with E-state index in [0.717, 1.165) is 43.9 Å². The summed E-state index contributed by atoms with van der Waals surface area (Å²) in [6, 6.07) is 10.3. The average molecular weight is 490 g/mol. The lowest BCUT2D eigenvalue weighted by Crippen LogP contribution is -2.51. The van der Waals surface area contributed by atoms with E-state index in [1.165, 1.54) is 12.1 Å². The second-order valence-corrected chi connectivity index (χ2v) is 6.32. The highest BCUT2D eigenvalue weighted by molar-refractivity contribution is 14.0. The highest BCUT2D eigenvalue weighted by atomic mass is 127. The summed E-state index contributed by atoms with van der Waals surface area (Å²) in [6.07, 6.45) is 2.54. The lowest BCUT2D eigenvalue weighted by atomic mass is 10.2. The summed E-state index contributed by atoms with van der Waals surface area (Å²) in [6.45, 7) is 3.89. The van der Waals surface area contributed by atoms with Crippen LogP contribution in [0.1, 0.15) is 5.56 Å². The van der Waals surface area contributed by atoms with E-state index in [1.807, 2.05) is 18.2 Å². The maximum Gasteiger partial charge on any atom is 0.191 e. The van der Waals surface area contributed by atoms with Crippen molar-refractivity contribution in [1.29, 1.82) is 0 Å². The number of nitrogens with two attached hydrogens (primary N) is 1. The van der Waals surface area contributed by atoms with E-state index in [9.17, 15) is 4.39 Å². The smallest absolute Gasteiger partial charge is 0.191 e. The third-order valence-corrected chi connectivity index (χ3v) is 4.48. The molecule has 1 aromatic heterocycles. The van der Waals surface area contributed by atoms with E-state index in [4.69, 9.17) is 17.3 Å². The molecule has 2 N–H and O–H groups in total. The summed E-state index contributed by atoms with van der Waals surface area (Å²) >= 11 is 5.77. The Hall–Kier alpha value is -1.61. The molecule has 0 saturated carbocycles. The predicted octanol–water partition coefficient (Wildman–Crippen LogP) is 3.17. The van der Waals surface area contributed by atoms with Gasteiger partial charge in [0.1, 0.15) is 11.0 Å². The van der Waals surface area contributed by atoms with Crippen molar-refractivity contribution in [2.24, 2.45) is 10.7 Å². The minimum Gasteiger partial charge on any atom is -0.370 e. The Kier molecular flexibility index (Phi) is 7.89. The third kappa shape index (κ3) is 5.70. The largest absolute Gasteiger partial charge is 0.370 e. The Morgan fingerprint density at radius 2 is 1.81 bits per heavy atom. The molecule has 0 spiro atoms. The molecule has 0 amide bonds. The van der Waals surface area contributed by atoms with Gasteiger partial charge in [0, 0.05) is 44.6 Å². The lowest BCUT2D eigenvalue weighted by Gasteiger charge is -2.36. The fourth-order valence-electron chi connectivity index (χ4n) is 2.80. The van der Waals surface area contributed by atoms with E-state index < -0.39 is 0 Å². The van der Waals surface area contributed by atoms with Crippen molar-refractivity contribution in [1.82, 2.24) is 9.88 Å². The van der Waals surface area contributed by atoms with Crippen LogP contribution in [-0.2, 0) is 6.42 Å². The molecule has 2 aromatic rings. The van der Waals surface area contributed by atoms with Gasteiger partial charge in [-0.1, -0.05) is 17.7 Å². The molecule has 140 valence electrons. The Morgan fingerprint density at radius 3 is 2.42 bits per heavy atom. The van der Waals surface area contributed by atoms with Crippen molar-refractivity contribution >= 4 is 47.2 Å². The molecule has 1 aliphatic rings. The molecule has 0 unspecified atom stereocenters. The molecule has 8 heteroatoms. The third-order valence-electron chi connectivity index (χ3n) is 4.26. The van der Waals surface area contributed by atoms with Crippen LogP contribution in [0.3, 0.4) is 0 Å². The minimum absolute atomic E-state index is 0. The van der Waals surface area contributed by atoms with Crippen LogP contribution in [0.5, 0.6) is 0 Å². The number of piperazine rings is 1. The Labute approximate surface area is 175 Å². The number of guanidine groups is 1. The molecule has 0 radical (unpaired) electrons. The zero-order valence-electron chi connectivity index (χ0n) is 14.3. The van der Waals surface area contributed by atoms with Gasteiger partial charge in [-0.15, -0.1) is 24.0 Å². The molecule has 26 heavy (non-hydrogen) atoms. The van der Waals surface area contributed by atoms with Crippen molar-refractivity contribution in [3.8, 4) is 0 Å². The number of nitrogens with zero attached hydrogens (tertiary/aromatic N) is 4. The Morgan fingerprint density at radius 1 is 1.12 bits per heavy atom. The molecular weight excluding hydrogens is 468 g/mol. The minimum atomic E-state index is -0.213. The zero-order valence-corrected chi connectivity index (χ0v) is 17.4. The summed E-state index contributed by atoms with van der Waals surface area (Å²) in [4.78, 5) is 12.8. The fourth-order valence-corrected chi connectivity index (χ4v) is 2.91. The van der Waals surface area contributed by atoms with Gasteiger partial charge in [-0.25, -0.2) is 9.37 Å². The van der Waals surface area contributed by atoms with Crippen molar-refractivity contribution in [3.05, 3.63) is 59.1 Å². The van der Waals surface area contributed by atoms with Crippen LogP contribution in [0.2, 0.25) is 5.15 Å². The molecule has 0 bridgehead atoms. The second kappa shape index (κ2) is 9.91. The number of anilines is 1. The first-order valence-corrected chi connectivity index (χ1v) is 8.65. The molecule has 5 nitrogen and oxygen atoms in total. The summed E-state index contributed by atoms with van der Waals surface area (Å²) in [5, 5.41) is 0.491. The van der Waals surface area contributed by atoms with Gasteiger partial charge in [0.25, 0.3) is 0 Å². The Balaban J connectivity index is 0.00000243. The van der Waals surface area contributed by atoms with Crippen molar-refractivity contribution in [2.75, 3.05) is 37.6 Å². The molecule has 3 rings (SSSR count). The number of aromatic nitrogens is 1. The topological polar surface area (TPSA) is 57.8 Å². The lowest BCUT2D eigenvalue weighted by molar-refractivity contribution is 0.381. The monoisotopic (exact) mass is 489 g/mol. The van der Waals surface area contributed by atoms with Gasteiger partial charge in [-0.2, -0.15) is 0 Å². The molecule has 1 aliphatic heterocycles. The van der Waals surface area contributed by atoms with Crippen LogP contribution in [0.25, 0.3) is 0 Å². The zero-order chi connectivity index (χ0) is 17.6. The van der Waals surface area contributed by atoms with Gasteiger partial charge < -0.3 is 15.5 Å². The predicted molar refractivity (Wildman–Crippen MR) is 115 cm³/mol. The van der Waals surface area contributed by atoms with Gasteiger partial charge in [0.05, 0.1) is 0 Å². The van der Waals surface area contributed by atoms with E-state index in [-0.39, 0.29) is 29.8 Å². The summed E-state index contributed by atoms with van der Waals surface area (Å²) in [5.74, 6) is 0.357. The van der Waals surface area contributed by atoms with Crippen molar-refractivity contribution in [2.45, 2.75) is 6.42 Å². The first kappa shape index (κ1) is 20.7. The number of rotatable bonds is 4. The van der Waals surface area contributed by atoms with Gasteiger partial charge in [0.2, 0.25) is 0 Å². The van der Waals surface area contributed by atoms with Crippen LogP contribution in [0.15, 0.2) is 47.6 Å². The number of aliphatic imine (C=N–C) groups is 1. The summed E-state index contributed by atoms with van der Waals surface area (Å²) in [7, 11) is 0. The molecule has 1 fully saturated rings.